The first-order chi connectivity index (χ1) is 10.5. The maximum absolute atomic E-state index is 12.7. The number of sulfonamides is 1. The number of nitrogens with one attached hydrogen (secondary N) is 1. The standard InChI is InChI=1S/C14H20N2O4S2/c1-11(21-2)14(17)15-12-5-3-4-6-13(12)22(18,19)16-7-9-20-10-8-16/h3-6,11H,7-10H2,1-2H3,(H,15,17). The Labute approximate surface area is 135 Å². The van der Waals surface area contributed by atoms with E-state index >= 15 is 0 Å². The number of ether oxygens (including phenoxy) is 1. The summed E-state index contributed by atoms with van der Waals surface area (Å²) in [6.45, 7) is 3.20. The van der Waals surface area contributed by atoms with Crippen LogP contribution in [0.1, 0.15) is 6.92 Å². The van der Waals surface area contributed by atoms with E-state index < -0.39 is 10.0 Å². The first-order valence-electron chi connectivity index (χ1n) is 6.97. The third-order valence-electron chi connectivity index (χ3n) is 3.46. The minimum absolute atomic E-state index is 0.124. The minimum Gasteiger partial charge on any atom is -0.379 e. The van der Waals surface area contributed by atoms with Crippen molar-refractivity contribution in [3.63, 3.8) is 0 Å². The van der Waals surface area contributed by atoms with Gasteiger partial charge in [0, 0.05) is 13.1 Å². The van der Waals surface area contributed by atoms with E-state index in [2.05, 4.69) is 5.32 Å². The van der Waals surface area contributed by atoms with Crippen LogP contribution in [0.2, 0.25) is 0 Å². The Morgan fingerprint density at radius 1 is 1.32 bits per heavy atom. The Bertz CT molecular complexity index is 627. The summed E-state index contributed by atoms with van der Waals surface area (Å²) in [5.41, 5.74) is 0.319. The number of hydrogen-bond donors (Lipinski definition) is 1. The monoisotopic (exact) mass is 344 g/mol. The molecule has 1 aromatic carbocycles. The Kier molecular flexibility index (Phi) is 5.85. The molecular formula is C14H20N2O4S2. The number of carbonyl (C=O) groups excluding carboxylic acids is 1. The van der Waals surface area contributed by atoms with Crippen LogP contribution < -0.4 is 5.32 Å². The van der Waals surface area contributed by atoms with Crippen LogP contribution in [-0.4, -0.2) is 56.4 Å². The van der Waals surface area contributed by atoms with Crippen molar-refractivity contribution in [3.8, 4) is 0 Å². The van der Waals surface area contributed by atoms with Gasteiger partial charge in [-0.3, -0.25) is 4.79 Å². The molecule has 0 radical (unpaired) electrons. The van der Waals surface area contributed by atoms with Crippen LogP contribution in [0.3, 0.4) is 0 Å². The lowest BCUT2D eigenvalue weighted by atomic mass is 10.3. The van der Waals surface area contributed by atoms with Crippen molar-refractivity contribution in [3.05, 3.63) is 24.3 Å². The number of rotatable bonds is 5. The zero-order valence-corrected chi connectivity index (χ0v) is 14.2. The average Bonchev–Trinajstić information content (AvgIpc) is 2.55. The highest BCUT2D eigenvalue weighted by Crippen LogP contribution is 2.25. The Morgan fingerprint density at radius 3 is 2.59 bits per heavy atom. The fourth-order valence-electron chi connectivity index (χ4n) is 2.06. The molecule has 1 unspecified atom stereocenters. The zero-order chi connectivity index (χ0) is 16.2. The van der Waals surface area contributed by atoms with Gasteiger partial charge in [0.1, 0.15) is 4.90 Å². The number of carbonyl (C=O) groups is 1. The SMILES string of the molecule is CSC(C)C(=O)Nc1ccccc1S(=O)(=O)N1CCOCC1. The zero-order valence-electron chi connectivity index (χ0n) is 12.6. The van der Waals surface area contributed by atoms with E-state index in [4.69, 9.17) is 4.74 Å². The van der Waals surface area contributed by atoms with Crippen molar-refractivity contribution >= 4 is 33.4 Å². The molecule has 1 N–H and O–H groups in total. The van der Waals surface area contributed by atoms with Crippen molar-refractivity contribution in [1.29, 1.82) is 0 Å². The number of anilines is 1. The lowest BCUT2D eigenvalue weighted by molar-refractivity contribution is -0.115. The lowest BCUT2D eigenvalue weighted by Gasteiger charge is -2.27. The van der Waals surface area contributed by atoms with Crippen molar-refractivity contribution in [2.45, 2.75) is 17.1 Å². The summed E-state index contributed by atoms with van der Waals surface area (Å²) in [7, 11) is -3.64. The highest BCUT2D eigenvalue weighted by Gasteiger charge is 2.29. The van der Waals surface area contributed by atoms with E-state index in [-0.39, 0.29) is 16.1 Å². The smallest absolute Gasteiger partial charge is 0.245 e. The van der Waals surface area contributed by atoms with E-state index in [1.165, 1.54) is 22.1 Å². The molecule has 1 aromatic rings. The molecule has 1 fully saturated rings. The quantitative estimate of drug-likeness (QED) is 0.874. The van der Waals surface area contributed by atoms with Gasteiger partial charge in [-0.25, -0.2) is 8.42 Å². The molecule has 2 rings (SSSR count). The molecule has 0 bridgehead atoms. The minimum atomic E-state index is -3.64. The van der Waals surface area contributed by atoms with Gasteiger partial charge in [0.05, 0.1) is 24.2 Å². The number of thioether (sulfide) groups is 1. The summed E-state index contributed by atoms with van der Waals surface area (Å²) in [5.74, 6) is -0.211. The maximum Gasteiger partial charge on any atom is 0.245 e. The third-order valence-corrected chi connectivity index (χ3v) is 6.33. The normalized spacial score (nSPS) is 17.9. The molecule has 1 atom stereocenters. The first kappa shape index (κ1) is 17.3. The van der Waals surface area contributed by atoms with Crippen LogP contribution >= 0.6 is 11.8 Å². The third kappa shape index (κ3) is 3.81. The molecule has 1 aliphatic rings. The topological polar surface area (TPSA) is 75.7 Å². The van der Waals surface area contributed by atoms with Gasteiger partial charge in [0.15, 0.2) is 0 Å². The molecule has 1 heterocycles. The predicted molar refractivity (Wildman–Crippen MR) is 87.6 cm³/mol. The van der Waals surface area contributed by atoms with E-state index in [9.17, 15) is 13.2 Å². The lowest BCUT2D eigenvalue weighted by Crippen LogP contribution is -2.41. The molecule has 22 heavy (non-hydrogen) atoms. The molecule has 1 amide bonds. The fraction of sp³-hybridized carbons (Fsp3) is 0.500. The van der Waals surface area contributed by atoms with Gasteiger partial charge in [-0.15, -0.1) is 0 Å². The van der Waals surface area contributed by atoms with Crippen molar-refractivity contribution in [2.75, 3.05) is 37.9 Å². The molecular weight excluding hydrogens is 324 g/mol. The number of para-hydroxylation sites is 1. The van der Waals surface area contributed by atoms with Crippen molar-refractivity contribution in [1.82, 2.24) is 4.31 Å². The van der Waals surface area contributed by atoms with Gasteiger partial charge >= 0.3 is 0 Å². The average molecular weight is 344 g/mol. The summed E-state index contributed by atoms with van der Waals surface area (Å²) in [6.07, 6.45) is 1.83. The van der Waals surface area contributed by atoms with Gasteiger partial charge in [0.25, 0.3) is 0 Å². The summed E-state index contributed by atoms with van der Waals surface area (Å²) < 4.78 is 32.1. The molecule has 8 heteroatoms. The largest absolute Gasteiger partial charge is 0.379 e. The number of morpholine rings is 1. The van der Waals surface area contributed by atoms with Gasteiger partial charge < -0.3 is 10.1 Å². The maximum atomic E-state index is 12.7. The molecule has 0 aromatic heterocycles. The highest BCUT2D eigenvalue weighted by atomic mass is 32.2. The Balaban J connectivity index is 2.29. The van der Waals surface area contributed by atoms with Crippen LogP contribution in [0.5, 0.6) is 0 Å². The summed E-state index contributed by atoms with van der Waals surface area (Å²) in [6, 6.07) is 6.49. The summed E-state index contributed by atoms with van der Waals surface area (Å²) in [5, 5.41) is 2.46. The molecule has 122 valence electrons. The van der Waals surface area contributed by atoms with Gasteiger partial charge in [-0.05, 0) is 25.3 Å². The van der Waals surface area contributed by atoms with Gasteiger partial charge in [-0.2, -0.15) is 16.1 Å². The second-order valence-corrected chi connectivity index (χ2v) is 7.96. The van der Waals surface area contributed by atoms with E-state index in [0.29, 0.717) is 32.0 Å². The molecule has 1 aliphatic heterocycles. The molecule has 0 aliphatic carbocycles. The van der Waals surface area contributed by atoms with Crippen LogP contribution in [-0.2, 0) is 19.6 Å². The number of amides is 1. The van der Waals surface area contributed by atoms with Crippen LogP contribution in [0.4, 0.5) is 5.69 Å². The van der Waals surface area contributed by atoms with E-state index in [1.54, 1.807) is 25.1 Å². The molecule has 0 spiro atoms. The summed E-state index contributed by atoms with van der Waals surface area (Å²) >= 11 is 1.41. The molecule has 6 nitrogen and oxygen atoms in total. The second kappa shape index (κ2) is 7.45. The highest BCUT2D eigenvalue weighted by molar-refractivity contribution is 7.99. The van der Waals surface area contributed by atoms with Crippen molar-refractivity contribution in [2.24, 2.45) is 0 Å². The molecule has 0 saturated carbocycles. The summed E-state index contributed by atoms with van der Waals surface area (Å²) in [4.78, 5) is 12.2. The van der Waals surface area contributed by atoms with Crippen LogP contribution in [0.25, 0.3) is 0 Å². The second-order valence-electron chi connectivity index (χ2n) is 4.88. The first-order valence-corrected chi connectivity index (χ1v) is 9.70. The van der Waals surface area contributed by atoms with Gasteiger partial charge in [0.2, 0.25) is 15.9 Å². The number of nitrogens with zero attached hydrogens (tertiary/aromatic N) is 1. The van der Waals surface area contributed by atoms with Crippen LogP contribution in [0.15, 0.2) is 29.2 Å². The Morgan fingerprint density at radius 2 is 1.95 bits per heavy atom. The number of benzene rings is 1. The molecule has 1 saturated heterocycles. The van der Waals surface area contributed by atoms with E-state index in [1.807, 2.05) is 6.26 Å². The van der Waals surface area contributed by atoms with Crippen molar-refractivity contribution < 1.29 is 17.9 Å². The number of hydrogen-bond acceptors (Lipinski definition) is 5. The Hall–Kier alpha value is -1.09. The fourth-order valence-corrected chi connectivity index (χ4v) is 3.89. The van der Waals surface area contributed by atoms with Gasteiger partial charge in [-0.1, -0.05) is 12.1 Å². The van der Waals surface area contributed by atoms with Crippen LogP contribution in [0, 0.1) is 0 Å². The predicted octanol–water partition coefficient (Wildman–Crippen LogP) is 1.40. The van der Waals surface area contributed by atoms with E-state index in [0.717, 1.165) is 0 Å².